The molecule has 3 aromatic carbocycles. The largest absolute Gasteiger partial charge is 0.352 e. The molecule has 0 spiro atoms. The maximum Gasteiger partial charge on any atom is 0.264 e. The normalized spacial score (nSPS) is 14.4. The fourth-order valence-electron chi connectivity index (χ4n) is 5.23. The zero-order valence-electron chi connectivity index (χ0n) is 23.8. The second kappa shape index (κ2) is 13.5. The minimum atomic E-state index is -4.12. The second-order valence-corrected chi connectivity index (χ2v) is 13.0. The summed E-state index contributed by atoms with van der Waals surface area (Å²) >= 11 is 6.10. The maximum absolute atomic E-state index is 14.2. The molecule has 3 aromatic rings. The molecule has 41 heavy (non-hydrogen) atoms. The topological polar surface area (TPSA) is 86.8 Å². The van der Waals surface area contributed by atoms with Crippen molar-refractivity contribution in [1.82, 2.24) is 10.2 Å². The molecule has 0 saturated heterocycles. The highest BCUT2D eigenvalue weighted by molar-refractivity contribution is 7.92. The van der Waals surface area contributed by atoms with Crippen molar-refractivity contribution in [1.29, 1.82) is 0 Å². The molecule has 0 radical (unpaired) electrons. The summed E-state index contributed by atoms with van der Waals surface area (Å²) in [4.78, 5) is 29.3. The van der Waals surface area contributed by atoms with Crippen molar-refractivity contribution in [2.24, 2.45) is 0 Å². The average molecular weight is 596 g/mol. The predicted octanol–water partition coefficient (Wildman–Crippen LogP) is 6.02. The summed E-state index contributed by atoms with van der Waals surface area (Å²) in [5, 5.41) is 3.59. The van der Waals surface area contributed by atoms with Crippen LogP contribution in [-0.4, -0.2) is 43.8 Å². The number of rotatable bonds is 11. The van der Waals surface area contributed by atoms with E-state index in [0.29, 0.717) is 17.1 Å². The summed E-state index contributed by atoms with van der Waals surface area (Å²) in [5.74, 6) is -0.673. The first-order valence-corrected chi connectivity index (χ1v) is 15.9. The van der Waals surface area contributed by atoms with Crippen LogP contribution in [0, 0.1) is 13.8 Å². The Bertz CT molecular complexity index is 1450. The van der Waals surface area contributed by atoms with E-state index in [1.165, 1.54) is 17.0 Å². The number of nitrogens with one attached hydrogen (secondary N) is 1. The lowest BCUT2D eigenvalue weighted by atomic mass is 10.1. The van der Waals surface area contributed by atoms with Gasteiger partial charge in [0.1, 0.15) is 12.6 Å². The van der Waals surface area contributed by atoms with E-state index >= 15 is 0 Å². The van der Waals surface area contributed by atoms with Crippen LogP contribution in [0.1, 0.15) is 55.7 Å². The molecule has 1 unspecified atom stereocenters. The first kappa shape index (κ1) is 30.6. The molecule has 2 amide bonds. The summed E-state index contributed by atoms with van der Waals surface area (Å²) in [6.07, 6.45) is 4.38. The number of carbonyl (C=O) groups is 2. The number of amides is 2. The van der Waals surface area contributed by atoms with Gasteiger partial charge >= 0.3 is 0 Å². The highest BCUT2D eigenvalue weighted by atomic mass is 35.5. The molecule has 0 aliphatic heterocycles. The number of nitrogens with zero attached hydrogens (tertiary/aromatic N) is 2. The summed E-state index contributed by atoms with van der Waals surface area (Å²) in [6.45, 7) is 5.41. The fourth-order valence-corrected chi connectivity index (χ4v) is 6.77. The van der Waals surface area contributed by atoms with E-state index in [1.807, 2.05) is 45.0 Å². The van der Waals surface area contributed by atoms with Crippen molar-refractivity contribution in [3.05, 3.63) is 94.5 Å². The molecule has 1 aliphatic carbocycles. The van der Waals surface area contributed by atoms with Gasteiger partial charge in [-0.1, -0.05) is 73.3 Å². The Morgan fingerprint density at radius 1 is 0.951 bits per heavy atom. The Morgan fingerprint density at radius 3 is 2.20 bits per heavy atom. The van der Waals surface area contributed by atoms with E-state index < -0.39 is 28.5 Å². The Hall–Kier alpha value is -3.36. The monoisotopic (exact) mass is 595 g/mol. The van der Waals surface area contributed by atoms with E-state index in [1.54, 1.807) is 36.4 Å². The van der Waals surface area contributed by atoms with E-state index in [-0.39, 0.29) is 23.4 Å². The number of halogens is 1. The smallest absolute Gasteiger partial charge is 0.264 e. The number of hydrogen-bond donors (Lipinski definition) is 1. The Kier molecular flexibility index (Phi) is 10.1. The van der Waals surface area contributed by atoms with Crippen LogP contribution in [0.3, 0.4) is 0 Å². The molecule has 218 valence electrons. The molecule has 1 saturated carbocycles. The Balaban J connectivity index is 1.72. The third-order valence-electron chi connectivity index (χ3n) is 7.69. The number of hydrogen-bond acceptors (Lipinski definition) is 4. The number of carbonyl (C=O) groups excluding carboxylic acids is 2. The number of aryl methyl sites for hydroxylation is 2. The summed E-state index contributed by atoms with van der Waals surface area (Å²) in [6, 6.07) is 19.9. The lowest BCUT2D eigenvalue weighted by Gasteiger charge is -2.34. The van der Waals surface area contributed by atoms with Crippen LogP contribution in [0.5, 0.6) is 0 Å². The first-order valence-electron chi connectivity index (χ1n) is 14.1. The van der Waals surface area contributed by atoms with Crippen molar-refractivity contribution in [2.75, 3.05) is 10.8 Å². The van der Waals surface area contributed by atoms with Gasteiger partial charge < -0.3 is 10.2 Å². The summed E-state index contributed by atoms with van der Waals surface area (Å²) < 4.78 is 29.0. The van der Waals surface area contributed by atoms with Crippen LogP contribution < -0.4 is 9.62 Å². The number of anilines is 1. The highest BCUT2D eigenvalue weighted by Gasteiger charge is 2.34. The molecule has 4 rings (SSSR count). The second-order valence-electron chi connectivity index (χ2n) is 10.7. The number of sulfonamides is 1. The van der Waals surface area contributed by atoms with E-state index in [9.17, 15) is 18.0 Å². The molecule has 0 heterocycles. The van der Waals surface area contributed by atoms with E-state index in [2.05, 4.69) is 5.32 Å². The van der Waals surface area contributed by atoms with Crippen molar-refractivity contribution >= 4 is 39.1 Å². The van der Waals surface area contributed by atoms with Crippen LogP contribution in [0.2, 0.25) is 5.02 Å². The van der Waals surface area contributed by atoms with Crippen LogP contribution in [0.25, 0.3) is 0 Å². The lowest BCUT2D eigenvalue weighted by molar-refractivity contribution is -0.140. The van der Waals surface area contributed by atoms with Gasteiger partial charge in [-0.2, -0.15) is 0 Å². The van der Waals surface area contributed by atoms with Crippen LogP contribution in [0.4, 0.5) is 5.69 Å². The van der Waals surface area contributed by atoms with Gasteiger partial charge in [-0.25, -0.2) is 8.42 Å². The summed E-state index contributed by atoms with van der Waals surface area (Å²) in [5.41, 5.74) is 3.11. The molecular weight excluding hydrogens is 558 g/mol. The predicted molar refractivity (Wildman–Crippen MR) is 163 cm³/mol. The number of benzene rings is 3. The van der Waals surface area contributed by atoms with Gasteiger partial charge in [0.2, 0.25) is 11.8 Å². The van der Waals surface area contributed by atoms with E-state index in [0.717, 1.165) is 46.7 Å². The standard InChI is InChI=1S/C32H38ClN3O4S/c1-4-30(32(38)34-27-11-7-8-12-27)35(21-25-10-6-5-9-24(25)3)31(37)22-36(28-17-15-26(33)16-18-28)41(39,40)29-19-13-23(2)14-20-29/h5-6,9-10,13-20,27,30H,4,7-8,11-12,21-22H2,1-3H3,(H,34,38). The third-order valence-corrected chi connectivity index (χ3v) is 9.73. The van der Waals surface area contributed by atoms with Crippen molar-refractivity contribution in [2.45, 2.75) is 76.4 Å². The van der Waals surface area contributed by atoms with Gasteiger partial charge in [0.15, 0.2) is 0 Å². The van der Waals surface area contributed by atoms with Crippen LogP contribution in [-0.2, 0) is 26.2 Å². The maximum atomic E-state index is 14.2. The van der Waals surface area contributed by atoms with Gasteiger partial charge in [0.05, 0.1) is 10.6 Å². The SMILES string of the molecule is CCC(C(=O)NC1CCCC1)N(Cc1ccccc1C)C(=O)CN(c1ccc(Cl)cc1)S(=O)(=O)c1ccc(C)cc1. The third kappa shape index (κ3) is 7.49. The molecule has 7 nitrogen and oxygen atoms in total. The van der Waals surface area contributed by atoms with Crippen molar-refractivity contribution in [3.63, 3.8) is 0 Å². The minimum Gasteiger partial charge on any atom is -0.352 e. The lowest BCUT2D eigenvalue weighted by Crippen LogP contribution is -2.53. The Morgan fingerprint density at radius 2 is 1.59 bits per heavy atom. The molecular formula is C32H38ClN3O4S. The summed E-state index contributed by atoms with van der Waals surface area (Å²) in [7, 11) is -4.12. The quantitative estimate of drug-likeness (QED) is 0.294. The molecule has 0 aromatic heterocycles. The van der Waals surface area contributed by atoms with Crippen molar-refractivity contribution in [3.8, 4) is 0 Å². The zero-order chi connectivity index (χ0) is 29.6. The Labute approximate surface area is 248 Å². The van der Waals surface area contributed by atoms with Crippen LogP contribution in [0.15, 0.2) is 77.7 Å². The highest BCUT2D eigenvalue weighted by Crippen LogP contribution is 2.27. The molecule has 1 N–H and O–H groups in total. The van der Waals surface area contributed by atoms with Gasteiger partial charge in [0.25, 0.3) is 10.0 Å². The molecule has 1 atom stereocenters. The van der Waals surface area contributed by atoms with Crippen molar-refractivity contribution < 1.29 is 18.0 Å². The first-order chi connectivity index (χ1) is 19.6. The van der Waals surface area contributed by atoms with Gasteiger partial charge in [-0.3, -0.25) is 13.9 Å². The van der Waals surface area contributed by atoms with E-state index in [4.69, 9.17) is 11.6 Å². The molecule has 1 fully saturated rings. The minimum absolute atomic E-state index is 0.0716. The van der Waals surface area contributed by atoms with Gasteiger partial charge in [-0.15, -0.1) is 0 Å². The molecule has 0 bridgehead atoms. The molecule has 9 heteroatoms. The fraction of sp³-hybridized carbons (Fsp3) is 0.375. The average Bonchev–Trinajstić information content (AvgIpc) is 3.46. The molecule has 1 aliphatic rings. The van der Waals surface area contributed by atoms with Gasteiger partial charge in [0, 0.05) is 17.6 Å². The van der Waals surface area contributed by atoms with Crippen LogP contribution >= 0.6 is 11.6 Å². The van der Waals surface area contributed by atoms with Gasteiger partial charge in [-0.05, 0) is 80.6 Å². The zero-order valence-corrected chi connectivity index (χ0v) is 25.4.